The molecule has 0 aliphatic rings. The van der Waals surface area contributed by atoms with E-state index in [0.29, 0.717) is 15.4 Å². The van der Waals surface area contributed by atoms with Crippen LogP contribution >= 0.6 is 50.8 Å². The first-order valence-corrected chi connectivity index (χ1v) is 11.2. The first-order valence-electron chi connectivity index (χ1n) is 8.20. The van der Waals surface area contributed by atoms with Gasteiger partial charge in [0.05, 0.1) is 11.5 Å². The molecular formula is C19H15BrN2O3S3. The fraction of sp³-hybridized carbons (Fsp3) is 0.105. The van der Waals surface area contributed by atoms with Gasteiger partial charge in [-0.25, -0.2) is 4.79 Å². The fourth-order valence-electron chi connectivity index (χ4n) is 2.40. The zero-order chi connectivity index (χ0) is 20.1. The van der Waals surface area contributed by atoms with Gasteiger partial charge in [-0.1, -0.05) is 34.1 Å². The summed E-state index contributed by atoms with van der Waals surface area (Å²) >= 11 is 11.3. The second-order valence-electron chi connectivity index (χ2n) is 5.47. The van der Waals surface area contributed by atoms with E-state index >= 15 is 0 Å². The van der Waals surface area contributed by atoms with Crippen molar-refractivity contribution < 1.29 is 14.3 Å². The number of thiophene rings is 2. The quantitative estimate of drug-likeness (QED) is 0.359. The number of anilines is 1. The van der Waals surface area contributed by atoms with E-state index in [2.05, 4.69) is 26.6 Å². The highest BCUT2D eigenvalue weighted by molar-refractivity contribution is 9.10. The van der Waals surface area contributed by atoms with Crippen LogP contribution in [0.1, 0.15) is 27.0 Å². The van der Waals surface area contributed by atoms with E-state index in [1.165, 1.54) is 22.7 Å². The number of carbonyl (C=O) groups is 2. The Bertz CT molecular complexity index is 998. The standard InChI is InChI=1S/C19H15BrN2O3S3/c1-2-25-18(24)15-13(11-5-7-12(20)8-6-11)10-28-17(15)22-19(26)21-16(23)14-4-3-9-27-14/h3-10H,2H2,1H3,(H2,21,22,23,26). The van der Waals surface area contributed by atoms with Crippen LogP contribution in [0.4, 0.5) is 5.00 Å². The molecule has 0 spiro atoms. The number of benzene rings is 1. The number of amides is 1. The number of nitrogens with one attached hydrogen (secondary N) is 2. The van der Waals surface area contributed by atoms with Crippen LogP contribution in [0.15, 0.2) is 51.6 Å². The van der Waals surface area contributed by atoms with Gasteiger partial charge in [0, 0.05) is 15.4 Å². The molecule has 3 aromatic rings. The van der Waals surface area contributed by atoms with Crippen LogP contribution in [0.3, 0.4) is 0 Å². The molecule has 1 aromatic carbocycles. The number of hydrogen-bond donors (Lipinski definition) is 2. The van der Waals surface area contributed by atoms with Crippen LogP contribution in [0.25, 0.3) is 11.1 Å². The second-order valence-corrected chi connectivity index (χ2v) is 8.62. The van der Waals surface area contributed by atoms with Crippen molar-refractivity contribution in [3.8, 4) is 11.1 Å². The third kappa shape index (κ3) is 4.85. The van der Waals surface area contributed by atoms with Gasteiger partial charge in [-0.05, 0) is 48.3 Å². The van der Waals surface area contributed by atoms with E-state index in [1.807, 2.05) is 35.0 Å². The Balaban J connectivity index is 1.85. The molecular weight excluding hydrogens is 480 g/mol. The minimum Gasteiger partial charge on any atom is -0.462 e. The van der Waals surface area contributed by atoms with Gasteiger partial charge in [0.15, 0.2) is 5.11 Å². The van der Waals surface area contributed by atoms with E-state index in [9.17, 15) is 9.59 Å². The number of ether oxygens (including phenoxy) is 1. The molecule has 0 fully saturated rings. The summed E-state index contributed by atoms with van der Waals surface area (Å²) in [5.41, 5.74) is 2.01. The molecule has 0 saturated carbocycles. The zero-order valence-electron chi connectivity index (χ0n) is 14.7. The van der Waals surface area contributed by atoms with E-state index in [0.717, 1.165) is 15.6 Å². The van der Waals surface area contributed by atoms with Crippen molar-refractivity contribution in [3.05, 3.63) is 62.1 Å². The topological polar surface area (TPSA) is 67.4 Å². The van der Waals surface area contributed by atoms with Crippen LogP contribution in [0.5, 0.6) is 0 Å². The largest absolute Gasteiger partial charge is 0.462 e. The van der Waals surface area contributed by atoms with Crippen molar-refractivity contribution in [3.63, 3.8) is 0 Å². The molecule has 0 bridgehead atoms. The van der Waals surface area contributed by atoms with Gasteiger partial charge >= 0.3 is 5.97 Å². The molecule has 0 atom stereocenters. The van der Waals surface area contributed by atoms with E-state index in [4.69, 9.17) is 17.0 Å². The first-order chi connectivity index (χ1) is 13.5. The van der Waals surface area contributed by atoms with Crippen molar-refractivity contribution in [2.75, 3.05) is 11.9 Å². The predicted molar refractivity (Wildman–Crippen MR) is 121 cm³/mol. The molecule has 1 amide bonds. The maximum absolute atomic E-state index is 12.6. The summed E-state index contributed by atoms with van der Waals surface area (Å²) in [5.74, 6) is -0.744. The Labute approximate surface area is 183 Å². The van der Waals surface area contributed by atoms with E-state index in [-0.39, 0.29) is 17.6 Å². The summed E-state index contributed by atoms with van der Waals surface area (Å²) in [7, 11) is 0. The molecule has 0 radical (unpaired) electrons. The minimum atomic E-state index is -0.448. The van der Waals surface area contributed by atoms with Gasteiger partial charge in [-0.15, -0.1) is 22.7 Å². The Morgan fingerprint density at radius 3 is 2.57 bits per heavy atom. The Morgan fingerprint density at radius 1 is 1.18 bits per heavy atom. The molecule has 28 heavy (non-hydrogen) atoms. The predicted octanol–water partition coefficient (Wildman–Crippen LogP) is 5.54. The SMILES string of the molecule is CCOC(=O)c1c(-c2ccc(Br)cc2)csc1NC(=S)NC(=O)c1cccs1. The number of hydrogen-bond acceptors (Lipinski definition) is 6. The minimum absolute atomic E-state index is 0.119. The van der Waals surface area contributed by atoms with Gasteiger partial charge in [0.1, 0.15) is 10.6 Å². The van der Waals surface area contributed by atoms with Crippen molar-refractivity contribution >= 4 is 72.8 Å². The molecule has 0 aliphatic carbocycles. The molecule has 0 unspecified atom stereocenters. The summed E-state index contributed by atoms with van der Waals surface area (Å²) in [6.07, 6.45) is 0. The normalized spacial score (nSPS) is 10.4. The molecule has 2 N–H and O–H groups in total. The van der Waals surface area contributed by atoms with Gasteiger partial charge in [0.25, 0.3) is 5.91 Å². The monoisotopic (exact) mass is 494 g/mol. The first kappa shape index (κ1) is 20.7. The molecule has 144 valence electrons. The van der Waals surface area contributed by atoms with Crippen LogP contribution in [0, 0.1) is 0 Å². The van der Waals surface area contributed by atoms with Crippen molar-refractivity contribution in [1.82, 2.24) is 5.32 Å². The van der Waals surface area contributed by atoms with Crippen LogP contribution in [-0.4, -0.2) is 23.6 Å². The number of carbonyl (C=O) groups excluding carboxylic acids is 2. The number of thiocarbonyl (C=S) groups is 1. The highest BCUT2D eigenvalue weighted by atomic mass is 79.9. The lowest BCUT2D eigenvalue weighted by molar-refractivity contribution is 0.0529. The third-order valence-corrected chi connectivity index (χ3v) is 6.12. The summed E-state index contributed by atoms with van der Waals surface area (Å²) in [6.45, 7) is 2.01. The lowest BCUT2D eigenvalue weighted by Crippen LogP contribution is -2.33. The molecule has 0 saturated heterocycles. The number of esters is 1. The second kappa shape index (κ2) is 9.42. The highest BCUT2D eigenvalue weighted by Crippen LogP contribution is 2.36. The van der Waals surface area contributed by atoms with Crippen LogP contribution in [-0.2, 0) is 4.74 Å². The summed E-state index contributed by atoms with van der Waals surface area (Å²) in [4.78, 5) is 25.3. The molecule has 0 aliphatic heterocycles. The lowest BCUT2D eigenvalue weighted by Gasteiger charge is -2.11. The smallest absolute Gasteiger partial charge is 0.341 e. The summed E-state index contributed by atoms with van der Waals surface area (Å²) in [5, 5.41) is 9.90. The Morgan fingerprint density at radius 2 is 1.93 bits per heavy atom. The average Bonchev–Trinajstić information content (AvgIpc) is 3.32. The number of halogens is 1. The lowest BCUT2D eigenvalue weighted by atomic mass is 10.0. The maximum atomic E-state index is 12.6. The number of rotatable bonds is 5. The average molecular weight is 495 g/mol. The van der Waals surface area contributed by atoms with E-state index in [1.54, 1.807) is 19.1 Å². The fourth-order valence-corrected chi connectivity index (χ4v) is 4.51. The van der Waals surface area contributed by atoms with Gasteiger partial charge in [-0.2, -0.15) is 0 Å². The Hall–Kier alpha value is -2.07. The third-order valence-electron chi connectivity index (χ3n) is 3.62. The maximum Gasteiger partial charge on any atom is 0.341 e. The van der Waals surface area contributed by atoms with Gasteiger partial charge < -0.3 is 10.1 Å². The highest BCUT2D eigenvalue weighted by Gasteiger charge is 2.22. The van der Waals surface area contributed by atoms with Crippen molar-refractivity contribution in [2.45, 2.75) is 6.92 Å². The zero-order valence-corrected chi connectivity index (χ0v) is 18.7. The Kier molecular flexibility index (Phi) is 6.95. The molecule has 2 aromatic heterocycles. The molecule has 3 rings (SSSR count). The summed E-state index contributed by atoms with van der Waals surface area (Å²) in [6, 6.07) is 11.1. The van der Waals surface area contributed by atoms with Gasteiger partial charge in [0.2, 0.25) is 0 Å². The van der Waals surface area contributed by atoms with Gasteiger partial charge in [-0.3, -0.25) is 10.1 Å². The van der Waals surface area contributed by atoms with Crippen molar-refractivity contribution in [1.29, 1.82) is 0 Å². The summed E-state index contributed by atoms with van der Waals surface area (Å²) < 4.78 is 6.17. The van der Waals surface area contributed by atoms with Crippen LogP contribution < -0.4 is 10.6 Å². The van der Waals surface area contributed by atoms with Crippen molar-refractivity contribution in [2.24, 2.45) is 0 Å². The van der Waals surface area contributed by atoms with Crippen LogP contribution in [0.2, 0.25) is 0 Å². The molecule has 5 nitrogen and oxygen atoms in total. The molecule has 2 heterocycles. The molecule has 9 heteroatoms. The van der Waals surface area contributed by atoms with E-state index < -0.39 is 5.97 Å².